The number of hydrogen-bond donors (Lipinski definition) is 4. The van der Waals surface area contributed by atoms with E-state index in [4.69, 9.17) is 16.2 Å². The zero-order valence-electron chi connectivity index (χ0n) is 18.0. The molecule has 1 atom stereocenters. The average molecular weight is 488 g/mol. The highest BCUT2D eigenvalue weighted by Gasteiger charge is 2.36. The lowest BCUT2D eigenvalue weighted by Crippen LogP contribution is -2.44. The van der Waals surface area contributed by atoms with Crippen LogP contribution in [0.4, 0.5) is 15.8 Å². The van der Waals surface area contributed by atoms with Crippen molar-refractivity contribution in [3.8, 4) is 5.75 Å². The number of nitrogens with zero attached hydrogens (tertiary/aromatic N) is 2. The number of aromatic hydroxyl groups is 1. The van der Waals surface area contributed by atoms with Crippen molar-refractivity contribution in [2.24, 2.45) is 5.73 Å². The van der Waals surface area contributed by atoms with Gasteiger partial charge in [-0.3, -0.25) is 19.3 Å². The smallest absolute Gasteiger partial charge is 0.273 e. The molecule has 10 nitrogen and oxygen atoms in total. The molecule has 1 aromatic heterocycles. The van der Waals surface area contributed by atoms with Gasteiger partial charge in [0.1, 0.15) is 22.5 Å². The van der Waals surface area contributed by atoms with Gasteiger partial charge in [0.05, 0.1) is 12.3 Å². The molecular formula is C22H22FN5O5S. The SMILES string of the molecule is COCCNC(=O)C(c1ccc(O)cc1)N(C(=O)c1snc(C(N)=O)c1N)c1cccc(F)c1. The highest BCUT2D eigenvalue weighted by Crippen LogP contribution is 2.33. The molecule has 1 heterocycles. The van der Waals surface area contributed by atoms with Gasteiger partial charge in [0, 0.05) is 19.3 Å². The number of benzene rings is 2. The van der Waals surface area contributed by atoms with E-state index in [1.807, 2.05) is 0 Å². The van der Waals surface area contributed by atoms with Crippen molar-refractivity contribution in [1.82, 2.24) is 9.69 Å². The number of amides is 3. The first kappa shape index (κ1) is 24.6. The molecule has 0 saturated heterocycles. The Labute approximate surface area is 198 Å². The van der Waals surface area contributed by atoms with Crippen LogP contribution in [-0.2, 0) is 9.53 Å². The first-order valence-electron chi connectivity index (χ1n) is 9.94. The number of phenolic OH excluding ortho intramolecular Hbond substituents is 1. The van der Waals surface area contributed by atoms with Gasteiger partial charge in [0.25, 0.3) is 11.8 Å². The lowest BCUT2D eigenvalue weighted by atomic mass is 10.0. The van der Waals surface area contributed by atoms with Crippen molar-refractivity contribution in [2.45, 2.75) is 6.04 Å². The Kier molecular flexibility index (Phi) is 7.76. The highest BCUT2D eigenvalue weighted by atomic mass is 32.1. The summed E-state index contributed by atoms with van der Waals surface area (Å²) in [6, 6.07) is 9.42. The highest BCUT2D eigenvalue weighted by molar-refractivity contribution is 7.09. The summed E-state index contributed by atoms with van der Waals surface area (Å²) in [4.78, 5) is 39.5. The van der Waals surface area contributed by atoms with Crippen LogP contribution < -0.4 is 21.7 Å². The van der Waals surface area contributed by atoms with Crippen molar-refractivity contribution in [3.63, 3.8) is 0 Å². The van der Waals surface area contributed by atoms with Crippen LogP contribution in [0.5, 0.6) is 5.75 Å². The predicted octanol–water partition coefficient (Wildman–Crippen LogP) is 1.82. The summed E-state index contributed by atoms with van der Waals surface area (Å²) in [6.45, 7) is 0.356. The first-order valence-corrected chi connectivity index (χ1v) is 10.7. The Balaban J connectivity index is 2.17. The molecular weight excluding hydrogens is 465 g/mol. The summed E-state index contributed by atoms with van der Waals surface area (Å²) in [5.41, 5.74) is 11.1. The molecule has 0 saturated carbocycles. The van der Waals surface area contributed by atoms with E-state index in [0.717, 1.165) is 11.0 Å². The van der Waals surface area contributed by atoms with Gasteiger partial charge in [-0.1, -0.05) is 18.2 Å². The summed E-state index contributed by atoms with van der Waals surface area (Å²) in [5.74, 6) is -3.01. The normalized spacial score (nSPS) is 11.6. The monoisotopic (exact) mass is 487 g/mol. The number of ether oxygens (including phenoxy) is 1. The van der Waals surface area contributed by atoms with E-state index >= 15 is 0 Å². The predicted molar refractivity (Wildman–Crippen MR) is 124 cm³/mol. The Morgan fingerprint density at radius 3 is 2.53 bits per heavy atom. The van der Waals surface area contributed by atoms with Gasteiger partial charge in [-0.25, -0.2) is 4.39 Å². The molecule has 0 bridgehead atoms. The molecule has 34 heavy (non-hydrogen) atoms. The number of carbonyl (C=O) groups is 3. The quantitative estimate of drug-likeness (QED) is 0.335. The lowest BCUT2D eigenvalue weighted by Gasteiger charge is -2.31. The topological polar surface area (TPSA) is 161 Å². The van der Waals surface area contributed by atoms with Gasteiger partial charge in [-0.05, 0) is 47.4 Å². The van der Waals surface area contributed by atoms with Crippen molar-refractivity contribution >= 4 is 40.6 Å². The molecule has 3 aromatic rings. The molecule has 178 valence electrons. The van der Waals surface area contributed by atoms with Gasteiger partial charge in [0.2, 0.25) is 5.91 Å². The molecule has 3 rings (SSSR count). The fraction of sp³-hybridized carbons (Fsp3) is 0.182. The number of nitrogens with two attached hydrogens (primary N) is 2. The second kappa shape index (κ2) is 10.7. The van der Waals surface area contributed by atoms with Gasteiger partial charge in [0.15, 0.2) is 5.69 Å². The van der Waals surface area contributed by atoms with Crippen LogP contribution in [0, 0.1) is 5.82 Å². The van der Waals surface area contributed by atoms with Gasteiger partial charge in [-0.2, -0.15) is 4.37 Å². The van der Waals surface area contributed by atoms with Crippen LogP contribution in [0.2, 0.25) is 0 Å². The molecule has 0 aliphatic heterocycles. The molecule has 0 aliphatic carbocycles. The van der Waals surface area contributed by atoms with Crippen LogP contribution in [0.3, 0.4) is 0 Å². The van der Waals surface area contributed by atoms with Crippen molar-refractivity contribution in [3.05, 3.63) is 70.5 Å². The molecule has 0 aliphatic rings. The fourth-order valence-corrected chi connectivity index (χ4v) is 3.94. The third-order valence-electron chi connectivity index (χ3n) is 4.78. The minimum absolute atomic E-state index is 0.0521. The third-order valence-corrected chi connectivity index (χ3v) is 5.63. The Bertz CT molecular complexity index is 1200. The molecule has 6 N–H and O–H groups in total. The third kappa shape index (κ3) is 5.30. The summed E-state index contributed by atoms with van der Waals surface area (Å²) in [7, 11) is 1.47. The Morgan fingerprint density at radius 1 is 1.24 bits per heavy atom. The maximum absolute atomic E-state index is 14.2. The number of anilines is 2. The minimum Gasteiger partial charge on any atom is -0.508 e. The van der Waals surface area contributed by atoms with Crippen LogP contribution in [0.1, 0.15) is 31.8 Å². The van der Waals surface area contributed by atoms with Crippen LogP contribution >= 0.6 is 11.5 Å². The number of carbonyl (C=O) groups excluding carboxylic acids is 3. The van der Waals surface area contributed by atoms with Gasteiger partial charge in [-0.15, -0.1) is 0 Å². The number of methoxy groups -OCH3 is 1. The van der Waals surface area contributed by atoms with Gasteiger partial charge < -0.3 is 26.6 Å². The van der Waals surface area contributed by atoms with E-state index in [0.29, 0.717) is 17.1 Å². The molecule has 2 aromatic carbocycles. The summed E-state index contributed by atoms with van der Waals surface area (Å²) in [5, 5.41) is 12.4. The van der Waals surface area contributed by atoms with Crippen LogP contribution in [-0.4, -0.2) is 47.5 Å². The number of primary amides is 1. The van der Waals surface area contributed by atoms with E-state index in [1.54, 1.807) is 0 Å². The molecule has 1 unspecified atom stereocenters. The minimum atomic E-state index is -1.30. The maximum Gasteiger partial charge on any atom is 0.273 e. The molecule has 3 amide bonds. The number of hydrogen-bond acceptors (Lipinski definition) is 8. The number of rotatable bonds is 9. The van der Waals surface area contributed by atoms with E-state index in [9.17, 15) is 23.9 Å². The fourth-order valence-electron chi connectivity index (χ4n) is 3.20. The van der Waals surface area contributed by atoms with E-state index in [1.165, 1.54) is 49.6 Å². The molecule has 0 radical (unpaired) electrons. The van der Waals surface area contributed by atoms with Crippen molar-refractivity contribution in [1.29, 1.82) is 0 Å². The number of phenols is 1. The van der Waals surface area contributed by atoms with Crippen molar-refractivity contribution < 1.29 is 28.6 Å². The average Bonchev–Trinajstić information content (AvgIpc) is 3.19. The summed E-state index contributed by atoms with van der Waals surface area (Å²) >= 11 is 0.636. The second-order valence-corrected chi connectivity index (χ2v) is 7.84. The summed E-state index contributed by atoms with van der Waals surface area (Å²) < 4.78 is 23.0. The number of halogens is 1. The molecule has 12 heteroatoms. The number of nitrogen functional groups attached to an aromatic ring is 1. The Hall–Kier alpha value is -4.03. The standard InChI is InChI=1S/C22H22FN5O5S/c1-33-10-9-26-21(31)18(12-5-7-15(29)8-6-12)28(14-4-2-3-13(23)11-14)22(32)19-16(24)17(20(25)30)27-34-19/h2-8,11,18,29H,9-10,24H2,1H3,(H2,25,30)(H,26,31). The van der Waals surface area contributed by atoms with E-state index in [-0.39, 0.29) is 40.8 Å². The second-order valence-electron chi connectivity index (χ2n) is 7.07. The molecule has 0 fully saturated rings. The first-order chi connectivity index (χ1) is 16.2. The summed E-state index contributed by atoms with van der Waals surface area (Å²) in [6.07, 6.45) is 0. The number of aromatic nitrogens is 1. The Morgan fingerprint density at radius 2 is 1.94 bits per heavy atom. The zero-order chi connectivity index (χ0) is 24.8. The molecule has 0 spiro atoms. The zero-order valence-corrected chi connectivity index (χ0v) is 18.8. The van der Waals surface area contributed by atoms with Crippen molar-refractivity contribution in [2.75, 3.05) is 30.9 Å². The lowest BCUT2D eigenvalue weighted by molar-refractivity contribution is -0.122. The maximum atomic E-state index is 14.2. The van der Waals surface area contributed by atoms with E-state index in [2.05, 4.69) is 9.69 Å². The van der Waals surface area contributed by atoms with Crippen LogP contribution in [0.15, 0.2) is 48.5 Å². The van der Waals surface area contributed by atoms with E-state index < -0.39 is 29.6 Å². The largest absolute Gasteiger partial charge is 0.508 e. The van der Waals surface area contributed by atoms with Crippen LogP contribution in [0.25, 0.3) is 0 Å². The number of nitrogens with one attached hydrogen (secondary N) is 1. The van der Waals surface area contributed by atoms with Gasteiger partial charge >= 0.3 is 0 Å².